The fourth-order valence-electron chi connectivity index (χ4n) is 2.63. The van der Waals surface area contributed by atoms with E-state index >= 15 is 0 Å². The molecule has 2 rings (SSSR count). The lowest BCUT2D eigenvalue weighted by Gasteiger charge is -2.35. The van der Waals surface area contributed by atoms with Crippen molar-refractivity contribution >= 4 is 10.0 Å². The Balaban J connectivity index is 1.99. The van der Waals surface area contributed by atoms with Crippen LogP contribution in [-0.4, -0.2) is 38.8 Å². The first-order chi connectivity index (χ1) is 9.85. The molecule has 0 amide bonds. The van der Waals surface area contributed by atoms with Crippen LogP contribution in [0.1, 0.15) is 24.8 Å². The van der Waals surface area contributed by atoms with Crippen LogP contribution in [0.25, 0.3) is 0 Å². The molecule has 0 spiro atoms. The van der Waals surface area contributed by atoms with Gasteiger partial charge in [0.05, 0.1) is 12.4 Å². The van der Waals surface area contributed by atoms with Gasteiger partial charge in [-0.05, 0) is 43.9 Å². The van der Waals surface area contributed by atoms with Crippen LogP contribution in [0.15, 0.2) is 18.2 Å². The fourth-order valence-corrected chi connectivity index (χ4v) is 3.39. The van der Waals surface area contributed by atoms with Gasteiger partial charge in [-0.3, -0.25) is 4.90 Å². The third-order valence-corrected chi connectivity index (χ3v) is 4.35. The van der Waals surface area contributed by atoms with E-state index < -0.39 is 21.7 Å². The topological polar surface area (TPSA) is 49.4 Å². The summed E-state index contributed by atoms with van der Waals surface area (Å²) >= 11 is 0. The van der Waals surface area contributed by atoms with E-state index in [0.29, 0.717) is 18.5 Å². The van der Waals surface area contributed by atoms with Crippen LogP contribution in [0.3, 0.4) is 0 Å². The summed E-state index contributed by atoms with van der Waals surface area (Å²) in [5.41, 5.74) is 0.445. The van der Waals surface area contributed by atoms with Crippen LogP contribution in [0, 0.1) is 11.6 Å². The van der Waals surface area contributed by atoms with Crippen LogP contribution in [-0.2, 0) is 16.4 Å². The van der Waals surface area contributed by atoms with Crippen molar-refractivity contribution in [1.82, 2.24) is 9.62 Å². The molecular weight excluding hydrogens is 298 g/mol. The molecular formula is C14H20F2N2O2S. The average molecular weight is 318 g/mol. The molecule has 0 radical (unpaired) electrons. The molecule has 0 aromatic heterocycles. The number of likely N-dealkylation sites (tertiary alicyclic amines) is 1. The summed E-state index contributed by atoms with van der Waals surface area (Å²) in [5.74, 6) is -1.15. The molecule has 1 fully saturated rings. The SMILES string of the molecule is CS(=O)(=O)NC1CCCCN1CCc1ccc(F)cc1F. The lowest BCUT2D eigenvalue weighted by molar-refractivity contribution is 0.140. The molecule has 4 nitrogen and oxygen atoms in total. The second-order valence-corrected chi connectivity index (χ2v) is 7.20. The van der Waals surface area contributed by atoms with Crippen molar-refractivity contribution in [2.45, 2.75) is 31.8 Å². The maximum absolute atomic E-state index is 13.6. The quantitative estimate of drug-likeness (QED) is 0.902. The lowest BCUT2D eigenvalue weighted by Crippen LogP contribution is -2.50. The normalized spacial score (nSPS) is 20.6. The first-order valence-electron chi connectivity index (χ1n) is 7.00. The molecule has 1 unspecified atom stereocenters. The van der Waals surface area contributed by atoms with Crippen molar-refractivity contribution in [1.29, 1.82) is 0 Å². The Morgan fingerprint density at radius 2 is 2.10 bits per heavy atom. The highest BCUT2D eigenvalue weighted by molar-refractivity contribution is 7.88. The van der Waals surface area contributed by atoms with E-state index in [1.54, 1.807) is 0 Å². The Bertz CT molecular complexity index is 593. The van der Waals surface area contributed by atoms with Gasteiger partial charge in [-0.2, -0.15) is 4.72 Å². The Morgan fingerprint density at radius 1 is 1.33 bits per heavy atom. The number of rotatable bonds is 5. The average Bonchev–Trinajstić information content (AvgIpc) is 2.37. The van der Waals surface area contributed by atoms with Crippen molar-refractivity contribution in [3.8, 4) is 0 Å². The van der Waals surface area contributed by atoms with E-state index in [1.165, 1.54) is 12.1 Å². The van der Waals surface area contributed by atoms with Crippen LogP contribution in [0.5, 0.6) is 0 Å². The fraction of sp³-hybridized carbons (Fsp3) is 0.571. The minimum atomic E-state index is -3.27. The Hall–Kier alpha value is -1.05. The van der Waals surface area contributed by atoms with Crippen molar-refractivity contribution < 1.29 is 17.2 Å². The van der Waals surface area contributed by atoms with Crippen molar-refractivity contribution in [3.05, 3.63) is 35.4 Å². The molecule has 1 atom stereocenters. The third-order valence-electron chi connectivity index (χ3n) is 3.65. The molecule has 1 N–H and O–H groups in total. The molecule has 1 heterocycles. The van der Waals surface area contributed by atoms with Gasteiger partial charge in [-0.25, -0.2) is 17.2 Å². The molecule has 1 aliphatic rings. The largest absolute Gasteiger partial charge is 0.287 e. The third kappa shape index (κ3) is 5.01. The molecule has 1 aromatic carbocycles. The zero-order valence-corrected chi connectivity index (χ0v) is 12.8. The molecule has 7 heteroatoms. The standard InChI is InChI=1S/C14H20F2N2O2S/c1-21(19,20)17-14-4-2-3-8-18(14)9-7-11-5-6-12(15)10-13(11)16/h5-6,10,14,17H,2-4,7-9H2,1H3. The van der Waals surface area contributed by atoms with E-state index in [9.17, 15) is 17.2 Å². The van der Waals surface area contributed by atoms with Crippen LogP contribution in [0.2, 0.25) is 0 Å². The van der Waals surface area contributed by atoms with Crippen molar-refractivity contribution in [2.75, 3.05) is 19.3 Å². The molecule has 118 valence electrons. The number of hydrogen-bond acceptors (Lipinski definition) is 3. The highest BCUT2D eigenvalue weighted by atomic mass is 32.2. The van der Waals surface area contributed by atoms with E-state index in [4.69, 9.17) is 0 Å². The van der Waals surface area contributed by atoms with Crippen LogP contribution < -0.4 is 4.72 Å². The summed E-state index contributed by atoms with van der Waals surface area (Å²) in [4.78, 5) is 2.01. The molecule has 0 bridgehead atoms. The Kier molecular flexibility index (Phi) is 5.29. The van der Waals surface area contributed by atoms with Gasteiger partial charge in [0.15, 0.2) is 0 Å². The number of sulfonamides is 1. The molecule has 1 aliphatic heterocycles. The predicted octanol–water partition coefficient (Wildman–Crippen LogP) is 1.87. The van der Waals surface area contributed by atoms with Crippen molar-refractivity contribution in [2.24, 2.45) is 0 Å². The molecule has 21 heavy (non-hydrogen) atoms. The lowest BCUT2D eigenvalue weighted by atomic mass is 10.1. The van der Waals surface area contributed by atoms with Gasteiger partial charge >= 0.3 is 0 Å². The monoisotopic (exact) mass is 318 g/mol. The van der Waals surface area contributed by atoms with E-state index in [1.807, 2.05) is 4.90 Å². The maximum atomic E-state index is 13.6. The zero-order chi connectivity index (χ0) is 15.5. The van der Waals surface area contributed by atoms with Gasteiger partial charge in [-0.1, -0.05) is 6.07 Å². The molecule has 0 aliphatic carbocycles. The summed E-state index contributed by atoms with van der Waals surface area (Å²) in [7, 11) is -3.27. The summed E-state index contributed by atoms with van der Waals surface area (Å²) in [6.45, 7) is 1.31. The number of benzene rings is 1. The first-order valence-corrected chi connectivity index (χ1v) is 8.89. The maximum Gasteiger partial charge on any atom is 0.210 e. The van der Waals surface area contributed by atoms with E-state index in [2.05, 4.69) is 4.72 Å². The van der Waals surface area contributed by atoms with Gasteiger partial charge < -0.3 is 0 Å². The molecule has 1 aromatic rings. The zero-order valence-electron chi connectivity index (χ0n) is 12.0. The number of hydrogen-bond donors (Lipinski definition) is 1. The Morgan fingerprint density at radius 3 is 2.76 bits per heavy atom. The summed E-state index contributed by atoms with van der Waals surface area (Å²) < 4.78 is 51.8. The summed E-state index contributed by atoms with van der Waals surface area (Å²) in [6.07, 6.45) is 4.03. The van der Waals surface area contributed by atoms with Crippen LogP contribution in [0.4, 0.5) is 8.78 Å². The van der Waals surface area contributed by atoms with Gasteiger partial charge in [0, 0.05) is 12.6 Å². The Labute approximate surface area is 124 Å². The highest BCUT2D eigenvalue weighted by Crippen LogP contribution is 2.17. The number of nitrogens with one attached hydrogen (secondary N) is 1. The number of nitrogens with zero attached hydrogens (tertiary/aromatic N) is 1. The van der Waals surface area contributed by atoms with Gasteiger partial charge in [0.2, 0.25) is 10.0 Å². The smallest absolute Gasteiger partial charge is 0.210 e. The van der Waals surface area contributed by atoms with E-state index in [0.717, 1.165) is 38.1 Å². The highest BCUT2D eigenvalue weighted by Gasteiger charge is 2.24. The summed E-state index contributed by atoms with van der Waals surface area (Å²) in [5, 5.41) is 0. The van der Waals surface area contributed by atoms with Gasteiger partial charge in [0.25, 0.3) is 0 Å². The van der Waals surface area contributed by atoms with Crippen molar-refractivity contribution in [3.63, 3.8) is 0 Å². The van der Waals surface area contributed by atoms with Gasteiger partial charge in [-0.15, -0.1) is 0 Å². The summed E-state index contributed by atoms with van der Waals surface area (Å²) in [6, 6.07) is 3.55. The second-order valence-electron chi connectivity index (χ2n) is 5.42. The van der Waals surface area contributed by atoms with Gasteiger partial charge in [0.1, 0.15) is 11.6 Å². The first kappa shape index (κ1) is 16.3. The number of halogens is 2. The molecule has 1 saturated heterocycles. The van der Waals surface area contributed by atoms with Crippen LogP contribution >= 0.6 is 0 Å². The predicted molar refractivity (Wildman–Crippen MR) is 77.3 cm³/mol. The van der Waals surface area contributed by atoms with E-state index in [-0.39, 0.29) is 6.17 Å². The number of piperidine rings is 1. The minimum absolute atomic E-state index is 0.239. The molecule has 0 saturated carbocycles. The minimum Gasteiger partial charge on any atom is -0.287 e. The second kappa shape index (κ2) is 6.81.